The maximum Gasteiger partial charge on any atom is 0.227 e. The van der Waals surface area contributed by atoms with Crippen molar-refractivity contribution in [2.24, 2.45) is 0 Å². The number of nitrogens with one attached hydrogen (secondary N) is 1. The molecular formula is C23H29NO4. The summed E-state index contributed by atoms with van der Waals surface area (Å²) in [5.41, 5.74) is 4.16. The number of rotatable bonds is 8. The second-order valence-electron chi connectivity index (χ2n) is 7.34. The Morgan fingerprint density at radius 3 is 2.71 bits per heavy atom. The third-order valence-electron chi connectivity index (χ3n) is 4.94. The van der Waals surface area contributed by atoms with Gasteiger partial charge in [-0.05, 0) is 74.6 Å². The van der Waals surface area contributed by atoms with Crippen LogP contribution >= 0.6 is 0 Å². The molecule has 5 heteroatoms. The van der Waals surface area contributed by atoms with Crippen LogP contribution in [0.3, 0.4) is 0 Å². The van der Waals surface area contributed by atoms with E-state index < -0.39 is 0 Å². The zero-order valence-corrected chi connectivity index (χ0v) is 16.9. The van der Waals surface area contributed by atoms with Gasteiger partial charge in [-0.3, -0.25) is 4.79 Å². The Kier molecular flexibility index (Phi) is 6.93. The van der Waals surface area contributed by atoms with Gasteiger partial charge in [0.2, 0.25) is 5.91 Å². The van der Waals surface area contributed by atoms with Gasteiger partial charge in [0.15, 0.2) is 0 Å². The minimum atomic E-state index is -0.102. The number of hydrogen-bond acceptors (Lipinski definition) is 4. The van der Waals surface area contributed by atoms with E-state index in [-0.39, 0.29) is 18.4 Å². The summed E-state index contributed by atoms with van der Waals surface area (Å²) in [4.78, 5) is 12.3. The first kappa shape index (κ1) is 20.2. The summed E-state index contributed by atoms with van der Waals surface area (Å²) >= 11 is 0. The Balaban J connectivity index is 1.51. The molecule has 150 valence electrons. The molecule has 2 aromatic carbocycles. The molecule has 5 nitrogen and oxygen atoms in total. The van der Waals surface area contributed by atoms with Gasteiger partial charge < -0.3 is 19.5 Å². The first-order valence-corrected chi connectivity index (χ1v) is 9.86. The Labute approximate surface area is 167 Å². The third kappa shape index (κ3) is 5.73. The molecule has 1 fully saturated rings. The summed E-state index contributed by atoms with van der Waals surface area (Å²) in [6.07, 6.45) is 2.50. The molecule has 0 aromatic heterocycles. The lowest BCUT2D eigenvalue weighted by atomic mass is 10.1. The lowest BCUT2D eigenvalue weighted by molar-refractivity contribution is -0.116. The van der Waals surface area contributed by atoms with Gasteiger partial charge in [0.1, 0.15) is 18.1 Å². The van der Waals surface area contributed by atoms with E-state index in [0.717, 1.165) is 30.8 Å². The number of aryl methyl sites for hydroxylation is 3. The largest absolute Gasteiger partial charge is 0.493 e. The van der Waals surface area contributed by atoms with Gasteiger partial charge >= 0.3 is 0 Å². The molecule has 1 unspecified atom stereocenters. The van der Waals surface area contributed by atoms with Crippen LogP contribution in [0.5, 0.6) is 11.5 Å². The summed E-state index contributed by atoms with van der Waals surface area (Å²) < 4.78 is 17.2. The number of carbonyl (C=O) groups is 1. The predicted molar refractivity (Wildman–Crippen MR) is 110 cm³/mol. The molecule has 3 rings (SSSR count). The van der Waals surface area contributed by atoms with Crippen molar-refractivity contribution in [3.63, 3.8) is 0 Å². The zero-order valence-electron chi connectivity index (χ0n) is 16.9. The molecule has 1 aliphatic rings. The van der Waals surface area contributed by atoms with Crippen LogP contribution in [0.15, 0.2) is 36.4 Å². The van der Waals surface area contributed by atoms with E-state index in [2.05, 4.69) is 12.2 Å². The smallest absolute Gasteiger partial charge is 0.227 e. The molecule has 0 spiro atoms. The standard InChI is InChI=1S/C23H29NO4/c1-16-6-9-21(22(13-16)28-15-20-5-4-11-26-20)24-23(25)10-12-27-19-8-7-17(2)18(3)14-19/h6-9,13-14,20H,4-5,10-12,15H2,1-3H3,(H,24,25). The highest BCUT2D eigenvalue weighted by Crippen LogP contribution is 2.27. The van der Waals surface area contributed by atoms with Crippen molar-refractivity contribution in [1.82, 2.24) is 0 Å². The monoisotopic (exact) mass is 383 g/mol. The number of carbonyl (C=O) groups excluding carboxylic acids is 1. The average molecular weight is 383 g/mol. The Morgan fingerprint density at radius 2 is 1.96 bits per heavy atom. The number of ether oxygens (including phenoxy) is 3. The van der Waals surface area contributed by atoms with Gasteiger partial charge in [0, 0.05) is 6.61 Å². The molecule has 0 radical (unpaired) electrons. The summed E-state index contributed by atoms with van der Waals surface area (Å²) in [5, 5.41) is 2.94. The minimum absolute atomic E-state index is 0.102. The Hall–Kier alpha value is -2.53. The molecule has 1 N–H and O–H groups in total. The number of benzene rings is 2. The van der Waals surface area contributed by atoms with Crippen LogP contribution in [0.2, 0.25) is 0 Å². The third-order valence-corrected chi connectivity index (χ3v) is 4.94. The van der Waals surface area contributed by atoms with Crippen molar-refractivity contribution < 1.29 is 19.0 Å². The van der Waals surface area contributed by atoms with Crippen molar-refractivity contribution in [3.8, 4) is 11.5 Å². The number of amides is 1. The van der Waals surface area contributed by atoms with Crippen LogP contribution in [-0.4, -0.2) is 31.8 Å². The van der Waals surface area contributed by atoms with Crippen LogP contribution in [-0.2, 0) is 9.53 Å². The maximum absolute atomic E-state index is 12.3. The SMILES string of the molecule is Cc1ccc(NC(=O)CCOc2ccc(C)c(C)c2)c(OCC2CCCO2)c1. The highest BCUT2D eigenvalue weighted by molar-refractivity contribution is 5.92. The highest BCUT2D eigenvalue weighted by atomic mass is 16.5. The molecule has 1 atom stereocenters. The zero-order chi connectivity index (χ0) is 19.9. The maximum atomic E-state index is 12.3. The lowest BCUT2D eigenvalue weighted by Crippen LogP contribution is -2.19. The van der Waals surface area contributed by atoms with Crippen molar-refractivity contribution in [3.05, 3.63) is 53.1 Å². The van der Waals surface area contributed by atoms with Gasteiger partial charge in [-0.1, -0.05) is 12.1 Å². The Bertz CT molecular complexity index is 812. The lowest BCUT2D eigenvalue weighted by Gasteiger charge is -2.16. The Morgan fingerprint density at radius 1 is 1.11 bits per heavy atom. The van der Waals surface area contributed by atoms with Gasteiger partial charge in [-0.25, -0.2) is 0 Å². The van der Waals surface area contributed by atoms with Crippen molar-refractivity contribution in [2.45, 2.75) is 46.1 Å². The van der Waals surface area contributed by atoms with Gasteiger partial charge in [0.25, 0.3) is 0 Å². The van der Waals surface area contributed by atoms with E-state index in [0.29, 0.717) is 24.7 Å². The first-order chi connectivity index (χ1) is 13.5. The molecule has 1 aliphatic heterocycles. The van der Waals surface area contributed by atoms with E-state index >= 15 is 0 Å². The molecule has 0 saturated carbocycles. The summed E-state index contributed by atoms with van der Waals surface area (Å²) in [6.45, 7) is 7.74. The minimum Gasteiger partial charge on any atom is -0.493 e. The normalized spacial score (nSPS) is 16.0. The molecule has 1 heterocycles. The fourth-order valence-electron chi connectivity index (χ4n) is 3.09. The van der Waals surface area contributed by atoms with Crippen LogP contribution < -0.4 is 14.8 Å². The molecule has 0 bridgehead atoms. The van der Waals surface area contributed by atoms with Gasteiger partial charge in [0.05, 0.1) is 24.8 Å². The second kappa shape index (κ2) is 9.60. The molecule has 1 amide bonds. The highest BCUT2D eigenvalue weighted by Gasteiger charge is 2.17. The molecule has 0 aliphatic carbocycles. The second-order valence-corrected chi connectivity index (χ2v) is 7.34. The van der Waals surface area contributed by atoms with Gasteiger partial charge in [-0.15, -0.1) is 0 Å². The van der Waals surface area contributed by atoms with E-state index in [1.54, 1.807) is 0 Å². The van der Waals surface area contributed by atoms with Crippen molar-refractivity contribution in [1.29, 1.82) is 0 Å². The predicted octanol–water partition coefficient (Wildman–Crippen LogP) is 4.58. The van der Waals surface area contributed by atoms with Crippen LogP contribution in [0.1, 0.15) is 36.0 Å². The fraction of sp³-hybridized carbons (Fsp3) is 0.435. The summed E-state index contributed by atoms with van der Waals surface area (Å²) in [6, 6.07) is 11.7. The topological polar surface area (TPSA) is 56.8 Å². The molecule has 1 saturated heterocycles. The number of anilines is 1. The molecule has 2 aromatic rings. The molecular weight excluding hydrogens is 354 g/mol. The number of hydrogen-bond donors (Lipinski definition) is 1. The van der Waals surface area contributed by atoms with Crippen molar-refractivity contribution >= 4 is 11.6 Å². The van der Waals surface area contributed by atoms with Crippen LogP contribution in [0, 0.1) is 20.8 Å². The van der Waals surface area contributed by atoms with E-state index in [1.165, 1.54) is 11.1 Å². The van der Waals surface area contributed by atoms with E-state index in [9.17, 15) is 4.79 Å². The van der Waals surface area contributed by atoms with Crippen molar-refractivity contribution in [2.75, 3.05) is 25.1 Å². The summed E-state index contributed by atoms with van der Waals surface area (Å²) in [7, 11) is 0. The molecule has 28 heavy (non-hydrogen) atoms. The fourth-order valence-corrected chi connectivity index (χ4v) is 3.09. The van der Waals surface area contributed by atoms with E-state index in [4.69, 9.17) is 14.2 Å². The van der Waals surface area contributed by atoms with Gasteiger partial charge in [-0.2, -0.15) is 0 Å². The summed E-state index contributed by atoms with van der Waals surface area (Å²) in [5.74, 6) is 1.36. The van der Waals surface area contributed by atoms with E-state index in [1.807, 2.05) is 50.2 Å². The van der Waals surface area contributed by atoms with Crippen LogP contribution in [0.4, 0.5) is 5.69 Å². The average Bonchev–Trinajstić information content (AvgIpc) is 3.18. The van der Waals surface area contributed by atoms with Crippen LogP contribution in [0.25, 0.3) is 0 Å². The first-order valence-electron chi connectivity index (χ1n) is 9.86. The quantitative estimate of drug-likeness (QED) is 0.725.